The Morgan fingerprint density at radius 2 is 2.19 bits per heavy atom. The molecule has 1 unspecified atom stereocenters. The highest BCUT2D eigenvalue weighted by atomic mass is 16.5. The summed E-state index contributed by atoms with van der Waals surface area (Å²) in [6.45, 7) is 2.85. The van der Waals surface area contributed by atoms with E-state index < -0.39 is 0 Å². The molecule has 2 aliphatic rings. The van der Waals surface area contributed by atoms with Gasteiger partial charge in [0.1, 0.15) is 11.9 Å². The second-order valence-electron chi connectivity index (χ2n) is 5.15. The van der Waals surface area contributed by atoms with Gasteiger partial charge in [-0.2, -0.15) is 0 Å². The molecule has 1 aliphatic carbocycles. The smallest absolute Gasteiger partial charge is 0.133 e. The minimum atomic E-state index is 0.0926. The first kappa shape index (κ1) is 10.4. The number of rotatable bonds is 1. The summed E-state index contributed by atoms with van der Waals surface area (Å²) < 4.78 is 11.4. The van der Waals surface area contributed by atoms with Crippen molar-refractivity contribution in [2.75, 3.05) is 19.7 Å². The van der Waals surface area contributed by atoms with Gasteiger partial charge in [0.05, 0.1) is 12.9 Å². The lowest BCUT2D eigenvalue weighted by atomic mass is 9.87. The number of hydrogen-bond acceptors (Lipinski definition) is 3. The van der Waals surface area contributed by atoms with Gasteiger partial charge in [0.25, 0.3) is 0 Å². The van der Waals surface area contributed by atoms with Gasteiger partial charge in [-0.05, 0) is 25.0 Å². The molecule has 2 fully saturated rings. The zero-order valence-corrected chi connectivity index (χ0v) is 9.58. The molecule has 0 amide bonds. The molecular weight excluding hydrogens is 202 g/mol. The molecule has 3 nitrogen and oxygen atoms in total. The van der Waals surface area contributed by atoms with Crippen molar-refractivity contribution >= 4 is 0 Å². The van der Waals surface area contributed by atoms with Crippen molar-refractivity contribution in [3.63, 3.8) is 0 Å². The summed E-state index contributed by atoms with van der Waals surface area (Å²) in [6.07, 6.45) is 7.15. The van der Waals surface area contributed by atoms with E-state index in [4.69, 9.17) is 9.15 Å². The van der Waals surface area contributed by atoms with E-state index in [0.29, 0.717) is 5.41 Å². The predicted molar refractivity (Wildman–Crippen MR) is 61.2 cm³/mol. The molecule has 1 atom stereocenters. The minimum absolute atomic E-state index is 0.0926. The number of nitrogens with one attached hydrogen (secondary N) is 1. The summed E-state index contributed by atoms with van der Waals surface area (Å²) in [4.78, 5) is 0. The first-order valence-electron chi connectivity index (χ1n) is 6.24. The van der Waals surface area contributed by atoms with E-state index in [2.05, 4.69) is 5.32 Å². The first-order valence-corrected chi connectivity index (χ1v) is 6.24. The van der Waals surface area contributed by atoms with Crippen molar-refractivity contribution in [2.24, 2.45) is 5.41 Å². The summed E-state index contributed by atoms with van der Waals surface area (Å²) >= 11 is 0. The van der Waals surface area contributed by atoms with Crippen LogP contribution in [0.3, 0.4) is 0 Å². The fourth-order valence-electron chi connectivity index (χ4n) is 2.96. The summed E-state index contributed by atoms with van der Waals surface area (Å²) in [5.41, 5.74) is 0.404. The Kier molecular flexibility index (Phi) is 2.74. The molecule has 1 N–H and O–H groups in total. The van der Waals surface area contributed by atoms with Crippen molar-refractivity contribution in [3.8, 4) is 0 Å². The van der Waals surface area contributed by atoms with Crippen LogP contribution in [0, 0.1) is 5.41 Å². The fraction of sp³-hybridized carbons (Fsp3) is 0.692. The monoisotopic (exact) mass is 221 g/mol. The molecule has 0 aromatic carbocycles. The van der Waals surface area contributed by atoms with Crippen molar-refractivity contribution in [1.29, 1.82) is 0 Å². The molecule has 0 bridgehead atoms. The molecule has 0 radical (unpaired) electrons. The Hall–Kier alpha value is -0.800. The lowest BCUT2D eigenvalue weighted by molar-refractivity contribution is 0.00554. The predicted octanol–water partition coefficient (Wildman–Crippen LogP) is 2.50. The van der Waals surface area contributed by atoms with Gasteiger partial charge in [-0.3, -0.25) is 0 Å². The van der Waals surface area contributed by atoms with Crippen LogP contribution in [0.5, 0.6) is 0 Å². The maximum absolute atomic E-state index is 6.03. The second-order valence-corrected chi connectivity index (χ2v) is 5.15. The van der Waals surface area contributed by atoms with E-state index in [1.54, 1.807) is 6.26 Å². The molecule has 1 saturated heterocycles. The molecule has 3 rings (SSSR count). The van der Waals surface area contributed by atoms with E-state index in [1.807, 2.05) is 12.1 Å². The highest BCUT2D eigenvalue weighted by Crippen LogP contribution is 2.40. The van der Waals surface area contributed by atoms with Gasteiger partial charge in [0.15, 0.2) is 0 Å². The molecular formula is C13H19NO2. The molecule has 1 spiro atoms. The van der Waals surface area contributed by atoms with Gasteiger partial charge < -0.3 is 14.5 Å². The third kappa shape index (κ3) is 1.89. The highest BCUT2D eigenvalue weighted by Gasteiger charge is 2.37. The van der Waals surface area contributed by atoms with Gasteiger partial charge in [-0.15, -0.1) is 0 Å². The summed E-state index contributed by atoms with van der Waals surface area (Å²) in [5.74, 6) is 0.947. The maximum Gasteiger partial charge on any atom is 0.133 e. The zero-order chi connectivity index (χ0) is 10.8. The lowest BCUT2D eigenvalue weighted by Gasteiger charge is -2.26. The Labute approximate surface area is 96.2 Å². The van der Waals surface area contributed by atoms with Crippen LogP contribution in [0.1, 0.15) is 37.5 Å². The molecule has 88 valence electrons. The van der Waals surface area contributed by atoms with Crippen LogP contribution in [0.25, 0.3) is 0 Å². The highest BCUT2D eigenvalue weighted by molar-refractivity contribution is 5.04. The number of hydrogen-bond donors (Lipinski definition) is 1. The number of furan rings is 1. The van der Waals surface area contributed by atoms with Crippen molar-refractivity contribution in [2.45, 2.75) is 31.8 Å². The molecule has 1 saturated carbocycles. The molecule has 16 heavy (non-hydrogen) atoms. The topological polar surface area (TPSA) is 34.4 Å². The quantitative estimate of drug-likeness (QED) is 0.791. The van der Waals surface area contributed by atoms with Gasteiger partial charge in [-0.25, -0.2) is 0 Å². The molecule has 1 aromatic rings. The van der Waals surface area contributed by atoms with Crippen molar-refractivity contribution in [3.05, 3.63) is 24.2 Å². The standard InChI is InChI=1S/C13H19NO2/c1-2-6-13(5-1)9-14-8-12(16-10-13)11-4-3-7-15-11/h3-4,7,12,14H,1-2,5-6,8-10H2. The maximum atomic E-state index is 6.03. The second kappa shape index (κ2) is 4.22. The zero-order valence-electron chi connectivity index (χ0n) is 9.58. The minimum Gasteiger partial charge on any atom is -0.467 e. The van der Waals surface area contributed by atoms with Crippen LogP contribution < -0.4 is 5.32 Å². The average molecular weight is 221 g/mol. The number of ether oxygens (including phenoxy) is 1. The van der Waals surface area contributed by atoms with Gasteiger partial charge >= 0.3 is 0 Å². The Balaban J connectivity index is 1.69. The molecule has 3 heteroatoms. The Morgan fingerprint density at radius 3 is 2.94 bits per heavy atom. The van der Waals surface area contributed by atoms with E-state index in [0.717, 1.165) is 25.5 Å². The van der Waals surface area contributed by atoms with Crippen molar-refractivity contribution in [1.82, 2.24) is 5.32 Å². The summed E-state index contributed by atoms with van der Waals surface area (Å²) in [7, 11) is 0. The van der Waals surface area contributed by atoms with Gasteiger partial charge in [-0.1, -0.05) is 12.8 Å². The van der Waals surface area contributed by atoms with Crippen LogP contribution in [0.4, 0.5) is 0 Å². The van der Waals surface area contributed by atoms with E-state index in [1.165, 1.54) is 25.7 Å². The third-order valence-corrected chi connectivity index (χ3v) is 3.95. The van der Waals surface area contributed by atoms with Crippen LogP contribution in [0.15, 0.2) is 22.8 Å². The van der Waals surface area contributed by atoms with Crippen molar-refractivity contribution < 1.29 is 9.15 Å². The van der Waals surface area contributed by atoms with Gasteiger partial charge in [0, 0.05) is 18.5 Å². The SMILES string of the molecule is c1coc(C2CNCC3(CCCC3)CO2)c1. The van der Waals surface area contributed by atoms with E-state index in [9.17, 15) is 0 Å². The fourth-order valence-corrected chi connectivity index (χ4v) is 2.96. The average Bonchev–Trinajstić information content (AvgIpc) is 2.90. The van der Waals surface area contributed by atoms with Crippen LogP contribution in [0.2, 0.25) is 0 Å². The Bertz CT molecular complexity index is 328. The van der Waals surface area contributed by atoms with Crippen LogP contribution in [-0.4, -0.2) is 19.7 Å². The summed E-state index contributed by atoms with van der Waals surface area (Å²) in [6, 6.07) is 3.92. The van der Waals surface area contributed by atoms with Crippen LogP contribution >= 0.6 is 0 Å². The van der Waals surface area contributed by atoms with E-state index >= 15 is 0 Å². The molecule has 1 aliphatic heterocycles. The third-order valence-electron chi connectivity index (χ3n) is 3.95. The lowest BCUT2D eigenvalue weighted by Crippen LogP contribution is -2.32. The normalized spacial score (nSPS) is 29.4. The summed E-state index contributed by atoms with van der Waals surface area (Å²) in [5, 5.41) is 3.53. The largest absolute Gasteiger partial charge is 0.467 e. The van der Waals surface area contributed by atoms with Gasteiger partial charge in [0.2, 0.25) is 0 Å². The van der Waals surface area contributed by atoms with E-state index in [-0.39, 0.29) is 6.10 Å². The molecule has 1 aromatic heterocycles. The molecule has 2 heterocycles. The Morgan fingerprint density at radius 1 is 1.31 bits per heavy atom. The first-order chi connectivity index (χ1) is 7.88. The van der Waals surface area contributed by atoms with Crippen LogP contribution in [-0.2, 0) is 4.74 Å².